The second-order valence-corrected chi connectivity index (χ2v) is 6.41. The maximum absolute atomic E-state index is 12.0. The van der Waals surface area contributed by atoms with Crippen LogP contribution in [0.4, 0.5) is 0 Å². The van der Waals surface area contributed by atoms with Gasteiger partial charge in [-0.3, -0.25) is 14.4 Å². The van der Waals surface area contributed by atoms with E-state index >= 15 is 0 Å². The average Bonchev–Trinajstić information content (AvgIpc) is 2.50. The minimum atomic E-state index is -1.19. The van der Waals surface area contributed by atoms with Gasteiger partial charge in [-0.1, -0.05) is 0 Å². The van der Waals surface area contributed by atoms with Gasteiger partial charge in [-0.25, -0.2) is 4.79 Å². The highest BCUT2D eigenvalue weighted by Crippen LogP contribution is 2.13. The van der Waals surface area contributed by atoms with E-state index in [9.17, 15) is 24.3 Å². The Kier molecular flexibility index (Phi) is 8.98. The monoisotopic (exact) mass is 370 g/mol. The molecule has 8 heteroatoms. The van der Waals surface area contributed by atoms with Gasteiger partial charge in [-0.15, -0.1) is 0 Å². The first-order valence-electron chi connectivity index (χ1n) is 8.62. The number of aliphatic hydroxyl groups excluding tert-OH is 1. The van der Waals surface area contributed by atoms with Gasteiger partial charge in [0.1, 0.15) is 24.1 Å². The van der Waals surface area contributed by atoms with Gasteiger partial charge in [0.15, 0.2) is 0 Å². The summed E-state index contributed by atoms with van der Waals surface area (Å²) in [5.41, 5.74) is 0. The maximum atomic E-state index is 12.0. The van der Waals surface area contributed by atoms with Crippen molar-refractivity contribution in [2.75, 3.05) is 0 Å². The zero-order valence-electron chi connectivity index (χ0n) is 15.3. The van der Waals surface area contributed by atoms with Crippen LogP contribution in [0.3, 0.4) is 0 Å². The molecule has 1 aliphatic rings. The highest BCUT2D eigenvalue weighted by atomic mass is 16.6. The molecule has 4 unspecified atom stereocenters. The van der Waals surface area contributed by atoms with Gasteiger partial charge >= 0.3 is 17.9 Å². The Hall–Kier alpha value is -2.22. The summed E-state index contributed by atoms with van der Waals surface area (Å²) < 4.78 is 15.4. The molecule has 1 heterocycles. The number of cyclic esters (lactones) is 3. The summed E-state index contributed by atoms with van der Waals surface area (Å²) in [5.74, 6) is -2.13. The summed E-state index contributed by atoms with van der Waals surface area (Å²) >= 11 is 0. The molecule has 0 fully saturated rings. The summed E-state index contributed by atoms with van der Waals surface area (Å²) in [6, 6.07) is 0. The van der Waals surface area contributed by atoms with Crippen molar-refractivity contribution < 1.29 is 38.5 Å². The van der Waals surface area contributed by atoms with Crippen LogP contribution in [-0.2, 0) is 33.4 Å². The third-order valence-corrected chi connectivity index (χ3v) is 3.74. The third kappa shape index (κ3) is 8.75. The quantitative estimate of drug-likeness (QED) is 0.570. The molecule has 1 rings (SSSR count). The van der Waals surface area contributed by atoms with Crippen LogP contribution in [0.5, 0.6) is 0 Å². The van der Waals surface area contributed by atoms with Crippen molar-refractivity contribution in [3.63, 3.8) is 0 Å². The molecule has 1 N–H and O–H groups in total. The van der Waals surface area contributed by atoms with E-state index in [1.165, 1.54) is 13.8 Å². The molecule has 146 valence electrons. The first-order valence-corrected chi connectivity index (χ1v) is 8.62. The maximum Gasteiger partial charge on any atom is 0.330 e. The fraction of sp³-hybridized carbons (Fsp3) is 0.667. The molecule has 0 saturated heterocycles. The highest BCUT2D eigenvalue weighted by molar-refractivity contribution is 5.83. The highest BCUT2D eigenvalue weighted by Gasteiger charge is 2.23. The number of hydrogen-bond acceptors (Lipinski definition) is 8. The molecule has 0 radical (unpaired) electrons. The summed E-state index contributed by atoms with van der Waals surface area (Å²) in [4.78, 5) is 46.9. The van der Waals surface area contributed by atoms with Crippen LogP contribution in [0.2, 0.25) is 0 Å². The van der Waals surface area contributed by atoms with Gasteiger partial charge in [0.25, 0.3) is 0 Å². The predicted molar refractivity (Wildman–Crippen MR) is 89.9 cm³/mol. The molecule has 8 nitrogen and oxygen atoms in total. The van der Waals surface area contributed by atoms with Crippen molar-refractivity contribution in [2.45, 2.75) is 77.3 Å². The number of carbonyl (C=O) groups excluding carboxylic acids is 4. The first kappa shape index (κ1) is 21.8. The Labute approximate surface area is 152 Å². The minimum absolute atomic E-state index is 0.111. The van der Waals surface area contributed by atoms with Crippen molar-refractivity contribution in [2.24, 2.45) is 0 Å². The van der Waals surface area contributed by atoms with E-state index in [4.69, 9.17) is 14.2 Å². The number of aliphatic hydroxyl groups is 1. The lowest BCUT2D eigenvalue weighted by molar-refractivity contribution is -0.155. The fourth-order valence-corrected chi connectivity index (χ4v) is 2.40. The molecule has 0 aromatic carbocycles. The number of rotatable bonds is 2. The molecule has 0 aliphatic carbocycles. The standard InChI is InChI=1S/C18H26O8/c1-11(19)9-14-10-18(23)24-12(2)5-4-6-16(21)25-13(3)15(20)7-8-17(22)26-14/h7-8,12-15,20H,4-6,9-10H2,1-3H3. The number of ketones is 1. The Bertz CT molecular complexity index is 553. The molecule has 1 aliphatic heterocycles. The summed E-state index contributed by atoms with van der Waals surface area (Å²) in [6.45, 7) is 4.52. The van der Waals surface area contributed by atoms with Gasteiger partial charge in [0.2, 0.25) is 0 Å². The predicted octanol–water partition coefficient (Wildman–Crippen LogP) is 1.23. The van der Waals surface area contributed by atoms with E-state index in [0.29, 0.717) is 12.8 Å². The number of Topliss-reactive ketones (excluding diaryl/α,β-unsaturated/α-hetero) is 1. The Morgan fingerprint density at radius 2 is 1.85 bits per heavy atom. The number of hydrogen-bond donors (Lipinski definition) is 1. The number of carbonyl (C=O) groups is 4. The lowest BCUT2D eigenvalue weighted by Crippen LogP contribution is -2.29. The zero-order chi connectivity index (χ0) is 19.7. The SMILES string of the molecule is CC(=O)CC1CC(=O)OC(C)CCCC(=O)OC(C)C(O)C=CC(=O)O1. The van der Waals surface area contributed by atoms with E-state index in [-0.39, 0.29) is 25.0 Å². The summed E-state index contributed by atoms with van der Waals surface area (Å²) in [5, 5.41) is 9.92. The average molecular weight is 370 g/mol. The van der Waals surface area contributed by atoms with E-state index in [1.54, 1.807) is 6.92 Å². The van der Waals surface area contributed by atoms with Crippen molar-refractivity contribution in [1.82, 2.24) is 0 Å². The summed E-state index contributed by atoms with van der Waals surface area (Å²) in [7, 11) is 0. The molecule has 0 aromatic heterocycles. The first-order chi connectivity index (χ1) is 12.2. The number of esters is 3. The minimum Gasteiger partial charge on any atom is -0.463 e. The van der Waals surface area contributed by atoms with Crippen LogP contribution < -0.4 is 0 Å². The van der Waals surface area contributed by atoms with E-state index in [0.717, 1.165) is 12.2 Å². The van der Waals surface area contributed by atoms with Gasteiger partial charge in [-0.2, -0.15) is 0 Å². The van der Waals surface area contributed by atoms with Crippen molar-refractivity contribution in [3.05, 3.63) is 12.2 Å². The van der Waals surface area contributed by atoms with Gasteiger partial charge in [0.05, 0.1) is 12.5 Å². The smallest absolute Gasteiger partial charge is 0.330 e. The Balaban J connectivity index is 2.89. The lowest BCUT2D eigenvalue weighted by atomic mass is 10.1. The molecule has 0 bridgehead atoms. The lowest BCUT2D eigenvalue weighted by Gasteiger charge is -2.19. The van der Waals surface area contributed by atoms with Crippen LogP contribution in [-0.4, -0.2) is 53.2 Å². The van der Waals surface area contributed by atoms with E-state index in [1.807, 2.05) is 0 Å². The van der Waals surface area contributed by atoms with Crippen molar-refractivity contribution in [3.8, 4) is 0 Å². The molecule has 4 atom stereocenters. The largest absolute Gasteiger partial charge is 0.463 e. The second-order valence-electron chi connectivity index (χ2n) is 6.41. The molecular formula is C18H26O8. The van der Waals surface area contributed by atoms with E-state index in [2.05, 4.69) is 0 Å². The van der Waals surface area contributed by atoms with Crippen molar-refractivity contribution in [1.29, 1.82) is 0 Å². The van der Waals surface area contributed by atoms with Crippen molar-refractivity contribution >= 4 is 23.7 Å². The fourth-order valence-electron chi connectivity index (χ4n) is 2.40. The zero-order valence-corrected chi connectivity index (χ0v) is 15.3. The van der Waals surface area contributed by atoms with Crippen LogP contribution in [0.25, 0.3) is 0 Å². The van der Waals surface area contributed by atoms with Gasteiger partial charge in [-0.05, 0) is 39.7 Å². The van der Waals surface area contributed by atoms with Crippen LogP contribution in [0.1, 0.15) is 52.9 Å². The molecular weight excluding hydrogens is 344 g/mol. The molecule has 0 saturated carbocycles. The second kappa shape index (κ2) is 10.7. The number of ether oxygens (including phenoxy) is 3. The topological polar surface area (TPSA) is 116 Å². The Morgan fingerprint density at radius 3 is 2.50 bits per heavy atom. The van der Waals surface area contributed by atoms with Crippen LogP contribution in [0.15, 0.2) is 12.2 Å². The normalized spacial score (nSPS) is 29.5. The van der Waals surface area contributed by atoms with Gasteiger partial charge < -0.3 is 19.3 Å². The van der Waals surface area contributed by atoms with E-state index < -0.39 is 42.3 Å². The third-order valence-electron chi connectivity index (χ3n) is 3.74. The van der Waals surface area contributed by atoms with Gasteiger partial charge in [0, 0.05) is 18.9 Å². The Morgan fingerprint density at radius 1 is 1.15 bits per heavy atom. The summed E-state index contributed by atoms with van der Waals surface area (Å²) in [6.07, 6.45) is -0.602. The molecule has 0 amide bonds. The molecule has 0 aromatic rings. The molecule has 26 heavy (non-hydrogen) atoms. The molecule has 0 spiro atoms. The van der Waals surface area contributed by atoms with Crippen LogP contribution in [0, 0.1) is 0 Å². The van der Waals surface area contributed by atoms with Crippen LogP contribution >= 0.6 is 0 Å².